The van der Waals surface area contributed by atoms with E-state index in [2.05, 4.69) is 0 Å². The van der Waals surface area contributed by atoms with E-state index in [0.717, 1.165) is 0 Å². The zero-order chi connectivity index (χ0) is 11.6. The Morgan fingerprint density at radius 3 is 2.20 bits per heavy atom. The lowest BCUT2D eigenvalue weighted by Crippen LogP contribution is -1.98. The predicted octanol–water partition coefficient (Wildman–Crippen LogP) is 2.28. The van der Waals surface area contributed by atoms with Crippen molar-refractivity contribution in [2.75, 3.05) is 14.2 Å². The second-order valence-electron chi connectivity index (χ2n) is 2.55. The molecule has 7 heteroatoms. The van der Waals surface area contributed by atoms with Crippen molar-refractivity contribution in [3.8, 4) is 11.5 Å². The molecule has 0 aliphatic heterocycles. The van der Waals surface area contributed by atoms with Crippen molar-refractivity contribution in [2.24, 2.45) is 0 Å². The second-order valence-corrected chi connectivity index (χ2v) is 5.46. The topological polar surface area (TPSA) is 52.6 Å². The van der Waals surface area contributed by atoms with Gasteiger partial charge in [0.25, 0.3) is 9.05 Å². The van der Waals surface area contributed by atoms with Crippen LogP contribution in [0.5, 0.6) is 11.5 Å². The van der Waals surface area contributed by atoms with Gasteiger partial charge in [0.2, 0.25) is 0 Å². The number of hydrogen-bond donors (Lipinski definition) is 0. The van der Waals surface area contributed by atoms with Gasteiger partial charge in [0.15, 0.2) is 5.75 Å². The maximum absolute atomic E-state index is 11.2. The summed E-state index contributed by atoms with van der Waals surface area (Å²) in [6, 6.07) is 2.67. The summed E-state index contributed by atoms with van der Waals surface area (Å²) in [6.07, 6.45) is 0. The van der Waals surface area contributed by atoms with Gasteiger partial charge in [0, 0.05) is 10.7 Å². The first-order valence-corrected chi connectivity index (χ1v) is 6.45. The molecule has 84 valence electrons. The molecule has 0 saturated carbocycles. The minimum Gasteiger partial charge on any atom is -0.495 e. The van der Waals surface area contributed by atoms with E-state index >= 15 is 0 Å². The molecule has 0 amide bonds. The molecule has 0 fully saturated rings. The summed E-state index contributed by atoms with van der Waals surface area (Å²) in [6.45, 7) is 0. The molecule has 0 saturated heterocycles. The number of rotatable bonds is 3. The van der Waals surface area contributed by atoms with E-state index in [4.69, 9.17) is 31.8 Å². The number of ether oxygens (including phenoxy) is 2. The molecular formula is C8H8Cl2O4S. The molecule has 0 unspecified atom stereocenters. The van der Waals surface area contributed by atoms with Gasteiger partial charge in [-0.25, -0.2) is 8.42 Å². The summed E-state index contributed by atoms with van der Waals surface area (Å²) in [4.78, 5) is -0.183. The molecule has 0 bridgehead atoms. The van der Waals surface area contributed by atoms with Crippen molar-refractivity contribution in [1.29, 1.82) is 0 Å². The smallest absolute Gasteiger partial charge is 0.265 e. The van der Waals surface area contributed by atoms with Crippen LogP contribution in [0.1, 0.15) is 0 Å². The van der Waals surface area contributed by atoms with Gasteiger partial charge < -0.3 is 9.47 Å². The summed E-state index contributed by atoms with van der Waals surface area (Å²) in [7, 11) is 4.03. The molecule has 1 rings (SSSR count). The largest absolute Gasteiger partial charge is 0.495 e. The fraction of sp³-hybridized carbons (Fsp3) is 0.250. The molecule has 0 atom stereocenters. The van der Waals surface area contributed by atoms with Gasteiger partial charge in [-0.15, -0.1) is 0 Å². The van der Waals surface area contributed by atoms with Gasteiger partial charge in [-0.05, 0) is 12.1 Å². The minimum absolute atomic E-state index is 0.0222. The van der Waals surface area contributed by atoms with Crippen molar-refractivity contribution in [3.63, 3.8) is 0 Å². The molecule has 1 aromatic carbocycles. The first-order valence-electron chi connectivity index (χ1n) is 3.77. The minimum atomic E-state index is -3.89. The van der Waals surface area contributed by atoms with E-state index in [1.165, 1.54) is 26.4 Å². The van der Waals surface area contributed by atoms with E-state index in [0.29, 0.717) is 5.75 Å². The van der Waals surface area contributed by atoms with Crippen LogP contribution in [0.2, 0.25) is 5.02 Å². The van der Waals surface area contributed by atoms with Crippen LogP contribution >= 0.6 is 22.3 Å². The third kappa shape index (κ3) is 2.48. The Bertz CT molecular complexity index is 470. The Morgan fingerprint density at radius 1 is 1.20 bits per heavy atom. The van der Waals surface area contributed by atoms with Crippen molar-refractivity contribution < 1.29 is 17.9 Å². The maximum atomic E-state index is 11.2. The average Bonchev–Trinajstić information content (AvgIpc) is 2.15. The molecule has 4 nitrogen and oxygen atoms in total. The molecular weight excluding hydrogens is 263 g/mol. The quantitative estimate of drug-likeness (QED) is 0.791. The zero-order valence-electron chi connectivity index (χ0n) is 7.95. The molecule has 0 aliphatic carbocycles. The lowest BCUT2D eigenvalue weighted by molar-refractivity contribution is 0.387. The third-order valence-corrected chi connectivity index (χ3v) is 3.42. The van der Waals surface area contributed by atoms with Gasteiger partial charge >= 0.3 is 0 Å². The highest BCUT2D eigenvalue weighted by Crippen LogP contribution is 2.39. The first-order chi connectivity index (χ1) is 6.91. The van der Waals surface area contributed by atoms with E-state index < -0.39 is 9.05 Å². The standard InChI is InChI=1S/C8H8Cl2O4S/c1-13-5-3-4-6(15(10,11)12)8(14-2)7(5)9/h3-4H,1-2H3. The number of benzene rings is 1. The summed E-state index contributed by atoms with van der Waals surface area (Å²) in [5.41, 5.74) is 0. The number of halogens is 2. The molecule has 0 heterocycles. The second kappa shape index (κ2) is 4.47. The summed E-state index contributed by atoms with van der Waals surface area (Å²) in [5.74, 6) is 0.295. The highest BCUT2D eigenvalue weighted by molar-refractivity contribution is 8.13. The summed E-state index contributed by atoms with van der Waals surface area (Å²) in [5, 5.41) is 0.0710. The lowest BCUT2D eigenvalue weighted by Gasteiger charge is -2.10. The van der Waals surface area contributed by atoms with Crippen LogP contribution in [0.3, 0.4) is 0 Å². The average molecular weight is 271 g/mol. The Kier molecular flexibility index (Phi) is 3.70. The lowest BCUT2D eigenvalue weighted by atomic mass is 10.3. The van der Waals surface area contributed by atoms with Crippen LogP contribution in [0.15, 0.2) is 17.0 Å². The highest BCUT2D eigenvalue weighted by Gasteiger charge is 2.21. The van der Waals surface area contributed by atoms with Crippen LogP contribution in [-0.2, 0) is 9.05 Å². The van der Waals surface area contributed by atoms with E-state index in [1.807, 2.05) is 0 Å². The monoisotopic (exact) mass is 270 g/mol. The summed E-state index contributed by atoms with van der Waals surface area (Å²) < 4.78 is 32.1. The fourth-order valence-corrected chi connectivity index (χ4v) is 2.44. The van der Waals surface area contributed by atoms with Crippen molar-refractivity contribution >= 4 is 31.3 Å². The van der Waals surface area contributed by atoms with Crippen LogP contribution in [0.25, 0.3) is 0 Å². The predicted molar refractivity (Wildman–Crippen MR) is 57.6 cm³/mol. The molecule has 0 radical (unpaired) electrons. The van der Waals surface area contributed by atoms with Crippen LogP contribution in [-0.4, -0.2) is 22.6 Å². The third-order valence-electron chi connectivity index (χ3n) is 1.71. The van der Waals surface area contributed by atoms with E-state index in [1.54, 1.807) is 0 Å². The Morgan fingerprint density at radius 2 is 1.80 bits per heavy atom. The highest BCUT2D eigenvalue weighted by atomic mass is 35.7. The van der Waals surface area contributed by atoms with Gasteiger partial charge in [-0.2, -0.15) is 0 Å². The zero-order valence-corrected chi connectivity index (χ0v) is 10.3. The van der Waals surface area contributed by atoms with Crippen molar-refractivity contribution in [1.82, 2.24) is 0 Å². The van der Waals surface area contributed by atoms with E-state index in [-0.39, 0.29) is 15.7 Å². The molecule has 0 aromatic heterocycles. The molecule has 1 aromatic rings. The Labute approximate surface area is 97.1 Å². The van der Waals surface area contributed by atoms with Crippen molar-refractivity contribution in [2.45, 2.75) is 4.90 Å². The summed E-state index contributed by atoms with van der Waals surface area (Å²) >= 11 is 5.85. The van der Waals surface area contributed by atoms with Crippen LogP contribution < -0.4 is 9.47 Å². The first kappa shape index (κ1) is 12.4. The molecule has 0 aliphatic rings. The van der Waals surface area contributed by atoms with Gasteiger partial charge in [0.05, 0.1) is 14.2 Å². The maximum Gasteiger partial charge on any atom is 0.265 e. The van der Waals surface area contributed by atoms with Gasteiger partial charge in [-0.3, -0.25) is 0 Å². The van der Waals surface area contributed by atoms with Gasteiger partial charge in [0.1, 0.15) is 15.7 Å². The number of hydrogen-bond acceptors (Lipinski definition) is 4. The van der Waals surface area contributed by atoms with Gasteiger partial charge in [-0.1, -0.05) is 11.6 Å². The normalized spacial score (nSPS) is 11.2. The SMILES string of the molecule is COc1ccc(S(=O)(=O)Cl)c(OC)c1Cl. The number of methoxy groups -OCH3 is 2. The Hall–Kier alpha value is -0.650. The molecule has 0 spiro atoms. The van der Waals surface area contributed by atoms with E-state index in [9.17, 15) is 8.42 Å². The van der Waals surface area contributed by atoms with Crippen LogP contribution in [0.4, 0.5) is 0 Å². The molecule has 0 N–H and O–H groups in total. The Balaban J connectivity index is 3.52. The fourth-order valence-electron chi connectivity index (χ4n) is 1.06. The van der Waals surface area contributed by atoms with Crippen LogP contribution in [0, 0.1) is 0 Å². The van der Waals surface area contributed by atoms with Crippen molar-refractivity contribution in [3.05, 3.63) is 17.2 Å². The molecule has 15 heavy (non-hydrogen) atoms.